The van der Waals surface area contributed by atoms with E-state index in [1.165, 1.54) is 24.3 Å². The molecule has 0 spiro atoms. The van der Waals surface area contributed by atoms with Gasteiger partial charge in [-0.15, -0.1) is 0 Å². The number of carbonyl (C=O) groups is 1. The largest absolute Gasteiger partial charge is 0.494 e. The van der Waals surface area contributed by atoms with E-state index < -0.39 is 30.9 Å². The van der Waals surface area contributed by atoms with Gasteiger partial charge in [0.05, 0.1) is 11.5 Å². The maximum absolute atomic E-state index is 13.6. The summed E-state index contributed by atoms with van der Waals surface area (Å²) < 4.78 is 38.0. The molecule has 0 aliphatic carbocycles. The second kappa shape index (κ2) is 8.55. The van der Waals surface area contributed by atoms with Gasteiger partial charge in [-0.2, -0.15) is 0 Å². The zero-order chi connectivity index (χ0) is 23.8. The van der Waals surface area contributed by atoms with Gasteiger partial charge in [-0.3, -0.25) is 19.8 Å². The molecular formula is C23H20N2O7S. The Kier molecular flexibility index (Phi) is 5.77. The number of ether oxygens (including phenoxy) is 1. The molecule has 1 aliphatic heterocycles. The fourth-order valence-electron chi connectivity index (χ4n) is 3.65. The minimum Gasteiger partial charge on any atom is -0.494 e. The molecule has 1 atom stereocenters. The Morgan fingerprint density at radius 1 is 1.15 bits per heavy atom. The van der Waals surface area contributed by atoms with Gasteiger partial charge in [0.2, 0.25) is 9.84 Å². The molecule has 1 aromatic heterocycles. The van der Waals surface area contributed by atoms with Gasteiger partial charge in [-0.1, -0.05) is 12.1 Å². The van der Waals surface area contributed by atoms with E-state index >= 15 is 0 Å². The second-order valence-electron chi connectivity index (χ2n) is 7.31. The van der Waals surface area contributed by atoms with Crippen molar-refractivity contribution in [2.24, 2.45) is 0 Å². The van der Waals surface area contributed by atoms with E-state index in [4.69, 9.17) is 9.15 Å². The lowest BCUT2D eigenvalue weighted by atomic mass is 10.1. The van der Waals surface area contributed by atoms with Crippen molar-refractivity contribution in [2.45, 2.75) is 19.2 Å². The zero-order valence-corrected chi connectivity index (χ0v) is 18.6. The lowest BCUT2D eigenvalue weighted by Crippen LogP contribution is -2.29. The number of hydrogen-bond acceptors (Lipinski definition) is 7. The van der Waals surface area contributed by atoms with E-state index in [9.17, 15) is 23.3 Å². The number of nitro groups is 1. The van der Waals surface area contributed by atoms with Crippen LogP contribution in [0.4, 0.5) is 11.4 Å². The number of aryl methyl sites for hydroxylation is 1. The minimum absolute atomic E-state index is 0.102. The molecule has 0 N–H and O–H groups in total. The Labute approximate surface area is 190 Å². The molecular weight excluding hydrogens is 448 g/mol. The third-order valence-electron chi connectivity index (χ3n) is 5.09. The monoisotopic (exact) mass is 468 g/mol. The molecule has 10 heteroatoms. The Morgan fingerprint density at radius 2 is 1.88 bits per heavy atom. The number of nitro benzene ring substituents is 1. The van der Waals surface area contributed by atoms with Crippen LogP contribution >= 0.6 is 0 Å². The highest BCUT2D eigenvalue weighted by Gasteiger charge is 2.50. The highest BCUT2D eigenvalue weighted by atomic mass is 32.2. The second-order valence-corrected chi connectivity index (χ2v) is 9.28. The molecule has 2 aromatic carbocycles. The SMILES string of the molecule is CCOc1ccc(N2C(=O)C(=Cc3ccc(C)o3)S(=O)(=O)C2c2cccc([N+](=O)[O-])c2)cc1. The molecule has 0 saturated carbocycles. The Morgan fingerprint density at radius 3 is 2.48 bits per heavy atom. The molecule has 1 aliphatic rings. The summed E-state index contributed by atoms with van der Waals surface area (Å²) >= 11 is 0. The number of benzene rings is 2. The molecule has 33 heavy (non-hydrogen) atoms. The van der Waals surface area contributed by atoms with Crippen molar-refractivity contribution in [1.82, 2.24) is 0 Å². The molecule has 3 aromatic rings. The summed E-state index contributed by atoms with van der Waals surface area (Å²) in [4.78, 5) is 24.8. The van der Waals surface area contributed by atoms with Crippen LogP contribution in [-0.2, 0) is 14.6 Å². The molecule has 170 valence electrons. The summed E-state index contributed by atoms with van der Waals surface area (Å²) in [5.41, 5.74) is 0.133. The number of hydrogen-bond donors (Lipinski definition) is 0. The topological polar surface area (TPSA) is 120 Å². The first-order chi connectivity index (χ1) is 15.7. The number of amides is 1. The van der Waals surface area contributed by atoms with E-state index in [1.54, 1.807) is 43.3 Å². The summed E-state index contributed by atoms with van der Waals surface area (Å²) in [5.74, 6) is 0.572. The number of furan rings is 1. The summed E-state index contributed by atoms with van der Waals surface area (Å²) in [5, 5.41) is 9.81. The number of non-ortho nitro benzene ring substituents is 1. The predicted octanol–water partition coefficient (Wildman–Crippen LogP) is 4.40. The fraction of sp³-hybridized carbons (Fsp3) is 0.174. The third-order valence-corrected chi connectivity index (χ3v) is 7.07. The lowest BCUT2D eigenvalue weighted by Gasteiger charge is -2.23. The zero-order valence-electron chi connectivity index (χ0n) is 17.8. The van der Waals surface area contributed by atoms with Gasteiger partial charge in [0.25, 0.3) is 11.6 Å². The Balaban J connectivity index is 1.89. The van der Waals surface area contributed by atoms with E-state index in [-0.39, 0.29) is 17.0 Å². The average Bonchev–Trinajstić information content (AvgIpc) is 3.28. The molecule has 1 unspecified atom stereocenters. The molecule has 0 radical (unpaired) electrons. The fourth-order valence-corrected chi connectivity index (χ4v) is 5.52. The van der Waals surface area contributed by atoms with E-state index in [2.05, 4.69) is 0 Å². The molecule has 0 bridgehead atoms. The number of sulfone groups is 1. The quantitative estimate of drug-likeness (QED) is 0.299. The maximum Gasteiger partial charge on any atom is 0.271 e. The van der Waals surface area contributed by atoms with E-state index in [0.29, 0.717) is 23.8 Å². The normalized spacial score (nSPS) is 18.6. The maximum atomic E-state index is 13.6. The smallest absolute Gasteiger partial charge is 0.271 e. The van der Waals surface area contributed by atoms with E-state index in [1.807, 2.05) is 6.92 Å². The van der Waals surface area contributed by atoms with Crippen molar-refractivity contribution in [3.8, 4) is 5.75 Å². The first kappa shape index (κ1) is 22.3. The first-order valence-electron chi connectivity index (χ1n) is 10.0. The first-order valence-corrected chi connectivity index (χ1v) is 11.6. The van der Waals surface area contributed by atoms with E-state index in [0.717, 1.165) is 11.0 Å². The summed E-state index contributed by atoms with van der Waals surface area (Å²) in [6.07, 6.45) is 1.18. The number of carbonyl (C=O) groups excluding carboxylic acids is 1. The van der Waals surface area contributed by atoms with Gasteiger partial charge in [0.15, 0.2) is 5.37 Å². The predicted molar refractivity (Wildman–Crippen MR) is 121 cm³/mol. The van der Waals surface area contributed by atoms with Gasteiger partial charge in [-0.05, 0) is 55.8 Å². The average molecular weight is 468 g/mol. The van der Waals surface area contributed by atoms with Gasteiger partial charge in [-0.25, -0.2) is 8.42 Å². The van der Waals surface area contributed by atoms with Crippen LogP contribution in [0.1, 0.15) is 29.4 Å². The Bertz CT molecular complexity index is 1360. The molecule has 9 nitrogen and oxygen atoms in total. The number of anilines is 1. The molecule has 1 saturated heterocycles. The highest BCUT2D eigenvalue weighted by Crippen LogP contribution is 2.44. The summed E-state index contributed by atoms with van der Waals surface area (Å²) in [7, 11) is -4.26. The van der Waals surface area contributed by atoms with Crippen LogP contribution in [0.3, 0.4) is 0 Å². The number of rotatable bonds is 6. The van der Waals surface area contributed by atoms with Gasteiger partial charge in [0.1, 0.15) is 22.2 Å². The van der Waals surface area contributed by atoms with Crippen molar-refractivity contribution in [2.75, 3.05) is 11.5 Å². The van der Waals surface area contributed by atoms with Gasteiger partial charge in [0, 0.05) is 23.9 Å². The van der Waals surface area contributed by atoms with Gasteiger partial charge < -0.3 is 9.15 Å². The number of nitrogens with zero attached hydrogens (tertiary/aromatic N) is 2. The minimum atomic E-state index is -4.26. The third kappa shape index (κ3) is 4.12. The van der Waals surface area contributed by atoms with Crippen molar-refractivity contribution in [3.05, 3.63) is 92.8 Å². The highest BCUT2D eigenvalue weighted by molar-refractivity contribution is 7.97. The van der Waals surface area contributed by atoms with Crippen LogP contribution in [0.5, 0.6) is 5.75 Å². The van der Waals surface area contributed by atoms with Crippen LogP contribution in [0.2, 0.25) is 0 Å². The molecule has 4 rings (SSSR count). The van der Waals surface area contributed by atoms with Crippen LogP contribution in [0.15, 0.2) is 70.0 Å². The van der Waals surface area contributed by atoms with Crippen molar-refractivity contribution < 1.29 is 27.3 Å². The standard InChI is InChI=1S/C23H20N2O7S/c1-3-31-19-11-8-17(9-12-19)24-22(26)21(14-20-10-7-15(2)32-20)33(29,30)23(24)16-5-4-6-18(13-16)25(27)28/h4-14,23H,3H2,1-2H3. The summed E-state index contributed by atoms with van der Waals surface area (Å²) in [6, 6.07) is 14.9. The van der Waals surface area contributed by atoms with Crippen LogP contribution < -0.4 is 9.64 Å². The summed E-state index contributed by atoms with van der Waals surface area (Å²) in [6.45, 7) is 3.98. The van der Waals surface area contributed by atoms with Gasteiger partial charge >= 0.3 is 0 Å². The Hall–Kier alpha value is -3.92. The van der Waals surface area contributed by atoms with Crippen molar-refractivity contribution in [1.29, 1.82) is 0 Å². The molecule has 2 heterocycles. The molecule has 1 amide bonds. The lowest BCUT2D eigenvalue weighted by molar-refractivity contribution is -0.384. The van der Waals surface area contributed by atoms with Crippen LogP contribution in [-0.4, -0.2) is 25.9 Å². The van der Waals surface area contributed by atoms with Crippen molar-refractivity contribution in [3.63, 3.8) is 0 Å². The van der Waals surface area contributed by atoms with Crippen molar-refractivity contribution >= 4 is 33.2 Å². The molecule has 1 fully saturated rings. The van der Waals surface area contributed by atoms with Crippen LogP contribution in [0.25, 0.3) is 6.08 Å². The van der Waals surface area contributed by atoms with Crippen LogP contribution in [0, 0.1) is 17.0 Å².